The zero-order valence-corrected chi connectivity index (χ0v) is 14.8. The van der Waals surface area contributed by atoms with Crippen LogP contribution in [0.1, 0.15) is 21.7 Å². The highest BCUT2D eigenvalue weighted by atomic mass is 19.4. The smallest absolute Gasteiger partial charge is 0.433 e. The molecule has 29 heavy (non-hydrogen) atoms. The fraction of sp³-hybridized carbons (Fsp3) is 0.105. The number of amides is 1. The van der Waals surface area contributed by atoms with Gasteiger partial charge in [0.15, 0.2) is 22.8 Å². The molecule has 0 aliphatic carbocycles. The van der Waals surface area contributed by atoms with Crippen LogP contribution < -0.4 is 5.32 Å². The molecule has 0 bridgehead atoms. The van der Waals surface area contributed by atoms with Crippen LogP contribution in [0, 0.1) is 12.7 Å². The lowest BCUT2D eigenvalue weighted by molar-refractivity contribution is -0.142. The highest BCUT2D eigenvalue weighted by molar-refractivity contribution is 6.03. The molecule has 0 spiro atoms. The van der Waals surface area contributed by atoms with E-state index in [1.807, 2.05) is 0 Å². The lowest BCUT2D eigenvalue weighted by atomic mass is 10.2. The minimum absolute atomic E-state index is 0.0453. The van der Waals surface area contributed by atoms with E-state index in [-0.39, 0.29) is 22.8 Å². The Bertz CT molecular complexity index is 1210. The Morgan fingerprint density at radius 1 is 1.17 bits per heavy atom. The van der Waals surface area contributed by atoms with Gasteiger partial charge in [-0.2, -0.15) is 18.3 Å². The molecule has 0 radical (unpaired) electrons. The number of hydrogen-bond acceptors (Lipinski definition) is 4. The molecule has 10 heteroatoms. The van der Waals surface area contributed by atoms with Crippen LogP contribution in [0.15, 0.2) is 53.1 Å². The van der Waals surface area contributed by atoms with Crippen LogP contribution in [0.3, 0.4) is 0 Å². The van der Waals surface area contributed by atoms with Crippen LogP contribution in [0.5, 0.6) is 0 Å². The molecule has 4 rings (SSSR count). The predicted octanol–water partition coefficient (Wildman–Crippen LogP) is 4.71. The molecule has 3 aromatic heterocycles. The van der Waals surface area contributed by atoms with Gasteiger partial charge < -0.3 is 9.73 Å². The molecule has 1 aromatic carbocycles. The highest BCUT2D eigenvalue weighted by Crippen LogP contribution is 2.32. The zero-order valence-electron chi connectivity index (χ0n) is 14.8. The van der Waals surface area contributed by atoms with Gasteiger partial charge in [0.1, 0.15) is 11.5 Å². The maximum Gasteiger partial charge on any atom is 0.433 e. The van der Waals surface area contributed by atoms with E-state index in [1.54, 1.807) is 6.92 Å². The van der Waals surface area contributed by atoms with Crippen LogP contribution in [0.25, 0.3) is 17.1 Å². The number of aryl methyl sites for hydroxylation is 1. The van der Waals surface area contributed by atoms with Crippen LogP contribution in [0.4, 0.5) is 23.2 Å². The number of anilines is 1. The van der Waals surface area contributed by atoms with Gasteiger partial charge in [-0.15, -0.1) is 0 Å². The van der Waals surface area contributed by atoms with Crippen molar-refractivity contribution in [3.63, 3.8) is 0 Å². The second kappa shape index (κ2) is 6.73. The Labute approximate surface area is 160 Å². The summed E-state index contributed by atoms with van der Waals surface area (Å²) in [6.07, 6.45) is -3.43. The SMILES string of the molecule is Cc1cc(F)ccc1NC(=O)c1cc2nc(-c3ccco3)cc(C(F)(F)F)n2n1. The monoisotopic (exact) mass is 404 g/mol. The second-order valence-corrected chi connectivity index (χ2v) is 6.21. The lowest BCUT2D eigenvalue weighted by Crippen LogP contribution is -2.16. The topological polar surface area (TPSA) is 72.4 Å². The molecule has 1 N–H and O–H groups in total. The van der Waals surface area contributed by atoms with E-state index in [4.69, 9.17) is 4.42 Å². The molecule has 0 fully saturated rings. The second-order valence-electron chi connectivity index (χ2n) is 6.21. The molecule has 0 atom stereocenters. The molecule has 0 aliphatic rings. The maximum atomic E-state index is 13.5. The summed E-state index contributed by atoms with van der Waals surface area (Å²) in [5.41, 5.74) is -0.831. The van der Waals surface area contributed by atoms with Crippen molar-refractivity contribution in [2.45, 2.75) is 13.1 Å². The Morgan fingerprint density at radius 2 is 1.97 bits per heavy atom. The number of nitrogens with zero attached hydrogens (tertiary/aromatic N) is 3. The molecule has 6 nitrogen and oxygen atoms in total. The third-order valence-corrected chi connectivity index (χ3v) is 4.16. The van der Waals surface area contributed by atoms with Gasteiger partial charge >= 0.3 is 6.18 Å². The number of rotatable bonds is 3. The van der Waals surface area contributed by atoms with Crippen molar-refractivity contribution < 1.29 is 26.8 Å². The zero-order chi connectivity index (χ0) is 20.8. The Balaban J connectivity index is 1.77. The van der Waals surface area contributed by atoms with Gasteiger partial charge in [0.2, 0.25) is 0 Å². The first kappa shape index (κ1) is 18.7. The molecular weight excluding hydrogens is 392 g/mol. The van der Waals surface area contributed by atoms with Crippen molar-refractivity contribution in [2.75, 3.05) is 5.32 Å². The van der Waals surface area contributed by atoms with E-state index in [0.29, 0.717) is 15.8 Å². The number of carbonyl (C=O) groups excluding carboxylic acids is 1. The van der Waals surface area contributed by atoms with E-state index in [1.165, 1.54) is 30.5 Å². The van der Waals surface area contributed by atoms with E-state index < -0.39 is 23.6 Å². The van der Waals surface area contributed by atoms with Crippen molar-refractivity contribution in [3.8, 4) is 11.5 Å². The summed E-state index contributed by atoms with van der Waals surface area (Å²) in [4.78, 5) is 16.6. The van der Waals surface area contributed by atoms with E-state index in [9.17, 15) is 22.4 Å². The summed E-state index contributed by atoms with van der Waals surface area (Å²) in [5.74, 6) is -1.08. The number of benzene rings is 1. The molecule has 148 valence electrons. The molecule has 0 saturated heterocycles. The number of carbonyl (C=O) groups is 1. The summed E-state index contributed by atoms with van der Waals surface area (Å²) in [6.45, 7) is 1.58. The summed E-state index contributed by atoms with van der Waals surface area (Å²) < 4.78 is 59.5. The summed E-state index contributed by atoms with van der Waals surface area (Å²) >= 11 is 0. The van der Waals surface area contributed by atoms with Gasteiger partial charge in [0.25, 0.3) is 5.91 Å². The number of alkyl halides is 3. The molecule has 4 aromatic rings. The maximum absolute atomic E-state index is 13.5. The fourth-order valence-electron chi connectivity index (χ4n) is 2.79. The van der Waals surface area contributed by atoms with Crippen LogP contribution in [-0.4, -0.2) is 20.5 Å². The number of hydrogen-bond donors (Lipinski definition) is 1. The predicted molar refractivity (Wildman–Crippen MR) is 94.8 cm³/mol. The van der Waals surface area contributed by atoms with Crippen molar-refractivity contribution in [3.05, 3.63) is 71.5 Å². The average Bonchev–Trinajstić information content (AvgIpc) is 3.31. The van der Waals surface area contributed by atoms with E-state index in [2.05, 4.69) is 15.4 Å². The van der Waals surface area contributed by atoms with Crippen LogP contribution in [0.2, 0.25) is 0 Å². The minimum atomic E-state index is -4.74. The van der Waals surface area contributed by atoms with E-state index in [0.717, 1.165) is 18.2 Å². The first-order valence-electron chi connectivity index (χ1n) is 8.32. The van der Waals surface area contributed by atoms with Crippen molar-refractivity contribution >= 4 is 17.2 Å². The van der Waals surface area contributed by atoms with Crippen molar-refractivity contribution in [2.24, 2.45) is 0 Å². The average molecular weight is 404 g/mol. The van der Waals surface area contributed by atoms with Gasteiger partial charge in [-0.25, -0.2) is 13.9 Å². The number of nitrogens with one attached hydrogen (secondary N) is 1. The van der Waals surface area contributed by atoms with Gasteiger partial charge in [0.05, 0.1) is 6.26 Å². The van der Waals surface area contributed by atoms with Gasteiger partial charge in [0, 0.05) is 11.8 Å². The van der Waals surface area contributed by atoms with Gasteiger partial charge in [-0.3, -0.25) is 4.79 Å². The Kier molecular flexibility index (Phi) is 4.33. The molecule has 3 heterocycles. The minimum Gasteiger partial charge on any atom is -0.463 e. The van der Waals surface area contributed by atoms with Gasteiger partial charge in [-0.05, 0) is 48.9 Å². The first-order chi connectivity index (χ1) is 13.7. The fourth-order valence-corrected chi connectivity index (χ4v) is 2.79. The normalized spacial score (nSPS) is 11.8. The van der Waals surface area contributed by atoms with Crippen molar-refractivity contribution in [1.29, 1.82) is 0 Å². The molecule has 0 unspecified atom stereocenters. The Hall–Kier alpha value is -3.69. The lowest BCUT2D eigenvalue weighted by Gasteiger charge is -2.10. The first-order valence-corrected chi connectivity index (χ1v) is 8.32. The summed E-state index contributed by atoms with van der Waals surface area (Å²) in [7, 11) is 0. The summed E-state index contributed by atoms with van der Waals surface area (Å²) in [6, 6.07) is 8.66. The number of fused-ring (bicyclic) bond motifs is 1. The quantitative estimate of drug-likeness (QED) is 0.502. The Morgan fingerprint density at radius 3 is 2.62 bits per heavy atom. The summed E-state index contributed by atoms with van der Waals surface area (Å²) in [5, 5.41) is 6.27. The van der Waals surface area contributed by atoms with Gasteiger partial charge in [-0.1, -0.05) is 0 Å². The molecule has 1 amide bonds. The molecule has 0 aliphatic heterocycles. The number of furan rings is 1. The van der Waals surface area contributed by atoms with Crippen LogP contribution >= 0.6 is 0 Å². The number of halogens is 4. The standard InChI is InChI=1S/C19H12F4N4O2/c1-10-7-11(20)4-5-12(10)25-18(28)14-9-17-24-13(15-3-2-6-29-15)8-16(19(21,22)23)27(17)26-14/h2-9H,1H3,(H,25,28). The van der Waals surface area contributed by atoms with E-state index >= 15 is 0 Å². The molecule has 0 saturated carbocycles. The largest absolute Gasteiger partial charge is 0.463 e. The molecular formula is C19H12F4N4O2. The third kappa shape index (κ3) is 3.56. The number of aromatic nitrogens is 3. The third-order valence-electron chi connectivity index (χ3n) is 4.16. The van der Waals surface area contributed by atoms with Crippen LogP contribution in [-0.2, 0) is 6.18 Å². The van der Waals surface area contributed by atoms with Crippen molar-refractivity contribution in [1.82, 2.24) is 14.6 Å². The highest BCUT2D eigenvalue weighted by Gasteiger charge is 2.36.